The van der Waals surface area contributed by atoms with Crippen LogP contribution >= 0.6 is 23.4 Å². The van der Waals surface area contributed by atoms with E-state index in [2.05, 4.69) is 5.32 Å². The molecular weight excluding hydrogens is 290 g/mol. The van der Waals surface area contributed by atoms with Crippen LogP contribution in [0.2, 0.25) is 5.02 Å². The maximum atomic E-state index is 11.7. The molecule has 0 aliphatic carbocycles. The minimum Gasteiger partial charge on any atom is -0.326 e. The first-order chi connectivity index (χ1) is 9.74. The highest BCUT2D eigenvalue weighted by molar-refractivity contribution is 7.98. The average molecular weight is 306 g/mol. The molecule has 0 aliphatic heterocycles. The molecule has 4 heteroatoms. The second kappa shape index (κ2) is 7.98. The first-order valence-corrected chi connectivity index (χ1v) is 7.94. The lowest BCUT2D eigenvalue weighted by Crippen LogP contribution is -2.11. The van der Waals surface area contributed by atoms with Gasteiger partial charge in [0, 0.05) is 28.6 Å². The SMILES string of the molecule is O=C(CCSCc1ccc(Cl)cc1)Nc1ccccc1. The van der Waals surface area contributed by atoms with Crippen LogP contribution in [0.4, 0.5) is 5.69 Å². The summed E-state index contributed by atoms with van der Waals surface area (Å²) >= 11 is 7.58. The van der Waals surface area contributed by atoms with E-state index in [4.69, 9.17) is 11.6 Å². The van der Waals surface area contributed by atoms with Crippen molar-refractivity contribution >= 4 is 35.0 Å². The van der Waals surface area contributed by atoms with Crippen molar-refractivity contribution in [2.24, 2.45) is 0 Å². The van der Waals surface area contributed by atoms with Crippen molar-refractivity contribution in [3.05, 3.63) is 65.2 Å². The second-order valence-electron chi connectivity index (χ2n) is 4.34. The highest BCUT2D eigenvalue weighted by Crippen LogP contribution is 2.16. The maximum Gasteiger partial charge on any atom is 0.225 e. The molecule has 0 saturated carbocycles. The van der Waals surface area contributed by atoms with E-state index in [1.807, 2.05) is 54.6 Å². The van der Waals surface area contributed by atoms with Crippen molar-refractivity contribution in [2.45, 2.75) is 12.2 Å². The van der Waals surface area contributed by atoms with Crippen molar-refractivity contribution in [1.29, 1.82) is 0 Å². The fourth-order valence-corrected chi connectivity index (χ4v) is 2.71. The molecule has 2 nitrogen and oxygen atoms in total. The first-order valence-electron chi connectivity index (χ1n) is 6.41. The zero-order valence-corrected chi connectivity index (χ0v) is 12.6. The van der Waals surface area contributed by atoms with Crippen LogP contribution in [0, 0.1) is 0 Å². The van der Waals surface area contributed by atoms with E-state index in [0.717, 1.165) is 22.2 Å². The number of thioether (sulfide) groups is 1. The largest absolute Gasteiger partial charge is 0.326 e. The van der Waals surface area contributed by atoms with Crippen LogP contribution in [0.25, 0.3) is 0 Å². The fourth-order valence-electron chi connectivity index (χ4n) is 1.68. The summed E-state index contributed by atoms with van der Waals surface area (Å²) in [5, 5.41) is 3.63. The van der Waals surface area contributed by atoms with Gasteiger partial charge in [-0.2, -0.15) is 11.8 Å². The molecule has 0 saturated heterocycles. The van der Waals surface area contributed by atoms with Crippen LogP contribution in [0.3, 0.4) is 0 Å². The van der Waals surface area contributed by atoms with Gasteiger partial charge in [-0.25, -0.2) is 0 Å². The lowest BCUT2D eigenvalue weighted by atomic mass is 10.2. The summed E-state index contributed by atoms with van der Waals surface area (Å²) in [4.78, 5) is 11.7. The van der Waals surface area contributed by atoms with Crippen LogP contribution in [0.15, 0.2) is 54.6 Å². The van der Waals surface area contributed by atoms with Crippen LogP contribution in [-0.2, 0) is 10.5 Å². The van der Waals surface area contributed by atoms with Gasteiger partial charge in [-0.1, -0.05) is 41.9 Å². The number of rotatable bonds is 6. The fraction of sp³-hybridized carbons (Fsp3) is 0.188. The number of halogens is 1. The monoisotopic (exact) mass is 305 g/mol. The van der Waals surface area contributed by atoms with E-state index in [9.17, 15) is 4.79 Å². The number of para-hydroxylation sites is 1. The third-order valence-corrected chi connectivity index (χ3v) is 4.00. The third-order valence-electron chi connectivity index (χ3n) is 2.71. The molecule has 0 bridgehead atoms. The first kappa shape index (κ1) is 14.9. The number of carbonyl (C=O) groups is 1. The Labute approximate surface area is 128 Å². The minimum absolute atomic E-state index is 0.0554. The normalized spacial score (nSPS) is 10.2. The van der Waals surface area contributed by atoms with Crippen molar-refractivity contribution in [1.82, 2.24) is 0 Å². The van der Waals surface area contributed by atoms with Crippen molar-refractivity contribution in [3.8, 4) is 0 Å². The second-order valence-corrected chi connectivity index (χ2v) is 5.88. The van der Waals surface area contributed by atoms with Crippen LogP contribution < -0.4 is 5.32 Å². The highest BCUT2D eigenvalue weighted by atomic mass is 35.5. The van der Waals surface area contributed by atoms with Crippen molar-refractivity contribution in [3.63, 3.8) is 0 Å². The number of anilines is 1. The van der Waals surface area contributed by atoms with Gasteiger partial charge in [0.25, 0.3) is 0 Å². The summed E-state index contributed by atoms with van der Waals surface area (Å²) in [5.41, 5.74) is 2.07. The van der Waals surface area contributed by atoms with Gasteiger partial charge in [0.05, 0.1) is 0 Å². The molecule has 0 heterocycles. The molecule has 2 aromatic carbocycles. The van der Waals surface area contributed by atoms with Gasteiger partial charge in [-0.15, -0.1) is 0 Å². The third kappa shape index (κ3) is 5.27. The van der Waals surface area contributed by atoms with Crippen LogP contribution in [0.1, 0.15) is 12.0 Å². The van der Waals surface area contributed by atoms with Gasteiger partial charge in [-0.3, -0.25) is 4.79 Å². The lowest BCUT2D eigenvalue weighted by molar-refractivity contribution is -0.115. The number of amides is 1. The Morgan fingerprint density at radius 2 is 1.75 bits per heavy atom. The molecule has 104 valence electrons. The van der Waals surface area contributed by atoms with Crippen molar-refractivity contribution in [2.75, 3.05) is 11.1 Å². The van der Waals surface area contributed by atoms with Gasteiger partial charge in [0.1, 0.15) is 0 Å². The highest BCUT2D eigenvalue weighted by Gasteiger charge is 2.02. The molecule has 0 atom stereocenters. The van der Waals surface area contributed by atoms with Crippen LogP contribution in [0.5, 0.6) is 0 Å². The molecule has 1 amide bonds. The van der Waals surface area contributed by atoms with E-state index in [1.54, 1.807) is 11.8 Å². The standard InChI is InChI=1S/C16H16ClNOS/c17-14-8-6-13(7-9-14)12-20-11-10-16(19)18-15-4-2-1-3-5-15/h1-9H,10-12H2,(H,18,19). The Balaban J connectivity index is 1.66. The molecule has 0 spiro atoms. The Kier molecular flexibility index (Phi) is 5.96. The van der Waals surface area contributed by atoms with E-state index in [-0.39, 0.29) is 5.91 Å². The number of hydrogen-bond acceptors (Lipinski definition) is 2. The molecule has 0 fully saturated rings. The molecule has 0 aromatic heterocycles. The molecule has 1 N–H and O–H groups in total. The van der Waals surface area contributed by atoms with E-state index < -0.39 is 0 Å². The lowest BCUT2D eigenvalue weighted by Gasteiger charge is -2.05. The maximum absolute atomic E-state index is 11.7. The topological polar surface area (TPSA) is 29.1 Å². The molecule has 2 rings (SSSR count). The van der Waals surface area contributed by atoms with Gasteiger partial charge >= 0.3 is 0 Å². The summed E-state index contributed by atoms with van der Waals surface area (Å²) in [6.45, 7) is 0. The van der Waals surface area contributed by atoms with Gasteiger partial charge < -0.3 is 5.32 Å². The Morgan fingerprint density at radius 1 is 1.05 bits per heavy atom. The summed E-state index contributed by atoms with van der Waals surface area (Å²) in [6, 6.07) is 17.3. The van der Waals surface area contributed by atoms with Gasteiger partial charge in [0.15, 0.2) is 0 Å². The van der Waals surface area contributed by atoms with E-state index in [1.165, 1.54) is 5.56 Å². The molecule has 0 aliphatic rings. The van der Waals surface area contributed by atoms with Gasteiger partial charge in [0.2, 0.25) is 5.91 Å². The minimum atomic E-state index is 0.0554. The predicted octanol–water partition coefficient (Wildman–Crippen LogP) is 4.60. The van der Waals surface area contributed by atoms with Crippen LogP contribution in [-0.4, -0.2) is 11.7 Å². The molecular formula is C16H16ClNOS. The summed E-state index contributed by atoms with van der Waals surface area (Å²) in [5.74, 6) is 1.76. The number of carbonyl (C=O) groups excluding carboxylic acids is 1. The molecule has 20 heavy (non-hydrogen) atoms. The zero-order chi connectivity index (χ0) is 14.2. The molecule has 0 unspecified atom stereocenters. The Bertz CT molecular complexity index is 542. The van der Waals surface area contributed by atoms with Crippen molar-refractivity contribution < 1.29 is 4.79 Å². The summed E-state index contributed by atoms with van der Waals surface area (Å²) in [7, 11) is 0. The van der Waals surface area contributed by atoms with E-state index in [0.29, 0.717) is 6.42 Å². The number of benzene rings is 2. The Hall–Kier alpha value is -1.45. The number of nitrogens with one attached hydrogen (secondary N) is 1. The van der Waals surface area contributed by atoms with E-state index >= 15 is 0 Å². The zero-order valence-electron chi connectivity index (χ0n) is 11.0. The Morgan fingerprint density at radius 3 is 2.45 bits per heavy atom. The van der Waals surface area contributed by atoms with Gasteiger partial charge in [-0.05, 0) is 29.8 Å². The average Bonchev–Trinajstić information content (AvgIpc) is 2.46. The summed E-state index contributed by atoms with van der Waals surface area (Å²) < 4.78 is 0. The molecule has 0 radical (unpaired) electrons. The quantitative estimate of drug-likeness (QED) is 0.790. The summed E-state index contributed by atoms with van der Waals surface area (Å²) in [6.07, 6.45) is 0.521. The predicted molar refractivity (Wildman–Crippen MR) is 87.3 cm³/mol. The smallest absolute Gasteiger partial charge is 0.225 e. The molecule has 2 aromatic rings. The number of hydrogen-bond donors (Lipinski definition) is 1.